The Morgan fingerprint density at radius 3 is 1.54 bits per heavy atom. The van der Waals surface area contributed by atoms with E-state index < -0.39 is 57.9 Å². The molecule has 0 aliphatic heterocycles. The average molecular weight is 564 g/mol. The molecule has 41 heavy (non-hydrogen) atoms. The van der Waals surface area contributed by atoms with Crippen molar-refractivity contribution in [2.75, 3.05) is 0 Å². The largest absolute Gasteiger partial charge is 0.439 e. The van der Waals surface area contributed by atoms with Crippen LogP contribution in [0.4, 0.5) is 0 Å². The highest BCUT2D eigenvalue weighted by molar-refractivity contribution is 6.50. The van der Waals surface area contributed by atoms with Crippen molar-refractivity contribution in [3.8, 4) is 0 Å². The van der Waals surface area contributed by atoms with Crippen LogP contribution in [-0.4, -0.2) is 51.4 Å². The summed E-state index contributed by atoms with van der Waals surface area (Å²) >= 11 is 0. The molecule has 10 heteroatoms. The van der Waals surface area contributed by atoms with E-state index in [0.29, 0.717) is 0 Å². The van der Waals surface area contributed by atoms with Crippen LogP contribution in [0.15, 0.2) is 71.5 Å². The van der Waals surface area contributed by atoms with Crippen LogP contribution in [0.5, 0.6) is 0 Å². The molecule has 0 unspecified atom stereocenters. The quantitative estimate of drug-likeness (QED) is 0.168. The number of carbonyl (C=O) groups excluding carboxylic acids is 4. The summed E-state index contributed by atoms with van der Waals surface area (Å²) in [4.78, 5) is 68.5. The monoisotopic (exact) mass is 563 g/mol. The number of hydroxylamine groups is 2. The minimum Gasteiger partial charge on any atom is -0.439 e. The van der Waals surface area contributed by atoms with Gasteiger partial charge in [0.2, 0.25) is 17.3 Å². The van der Waals surface area contributed by atoms with Crippen LogP contribution in [0.3, 0.4) is 0 Å². The van der Waals surface area contributed by atoms with E-state index in [1.807, 2.05) is 60.7 Å². The number of oxazole rings is 1. The Kier molecular flexibility index (Phi) is 10.6. The summed E-state index contributed by atoms with van der Waals surface area (Å²) in [5.74, 6) is -4.61. The molecular formula is C31H37N3O7. The van der Waals surface area contributed by atoms with E-state index in [9.17, 15) is 19.2 Å². The highest BCUT2D eigenvalue weighted by atomic mass is 16.7. The van der Waals surface area contributed by atoms with Crippen LogP contribution < -0.4 is 11.0 Å². The molecule has 0 radical (unpaired) electrons. The summed E-state index contributed by atoms with van der Waals surface area (Å²) < 4.78 is 5.20. The molecular weight excluding hydrogens is 526 g/mol. The van der Waals surface area contributed by atoms with Crippen molar-refractivity contribution in [2.24, 2.45) is 0 Å². The van der Waals surface area contributed by atoms with Crippen LogP contribution in [0.1, 0.15) is 73.7 Å². The molecule has 0 fully saturated rings. The van der Waals surface area contributed by atoms with Crippen molar-refractivity contribution in [1.29, 1.82) is 0 Å². The van der Waals surface area contributed by atoms with E-state index >= 15 is 0 Å². The zero-order valence-corrected chi connectivity index (χ0v) is 24.2. The van der Waals surface area contributed by atoms with Crippen LogP contribution in [0.25, 0.3) is 0 Å². The van der Waals surface area contributed by atoms with Crippen LogP contribution in [0.2, 0.25) is 0 Å². The van der Waals surface area contributed by atoms with Gasteiger partial charge in [-0.3, -0.25) is 28.9 Å². The number of aromatic nitrogens is 1. The predicted molar refractivity (Wildman–Crippen MR) is 151 cm³/mol. The topological polar surface area (TPSA) is 137 Å². The Morgan fingerprint density at radius 1 is 0.707 bits per heavy atom. The van der Waals surface area contributed by atoms with E-state index in [4.69, 9.17) is 14.1 Å². The highest BCUT2D eigenvalue weighted by Crippen LogP contribution is 2.16. The van der Waals surface area contributed by atoms with Gasteiger partial charge in [0.1, 0.15) is 12.1 Å². The lowest BCUT2D eigenvalue weighted by molar-refractivity contribution is -0.129. The molecule has 1 aromatic heterocycles. The molecule has 2 N–H and O–H groups in total. The molecule has 0 bridgehead atoms. The second-order valence-electron chi connectivity index (χ2n) is 11.6. The van der Waals surface area contributed by atoms with Gasteiger partial charge in [-0.1, -0.05) is 60.7 Å². The number of Topliss-reactive ketones (excluding diaryl/α,β-unsaturated/α-hetero) is 4. The Bertz CT molecular complexity index is 1240. The summed E-state index contributed by atoms with van der Waals surface area (Å²) in [5.41, 5.74) is 5.08. The zero-order chi connectivity index (χ0) is 30.2. The Morgan fingerprint density at radius 2 is 1.12 bits per heavy atom. The second-order valence-corrected chi connectivity index (χ2v) is 11.6. The highest BCUT2D eigenvalue weighted by Gasteiger charge is 2.37. The minimum absolute atomic E-state index is 0.130. The molecule has 3 rings (SSSR count). The van der Waals surface area contributed by atoms with Gasteiger partial charge in [-0.2, -0.15) is 11.0 Å². The fourth-order valence-corrected chi connectivity index (χ4v) is 3.69. The van der Waals surface area contributed by atoms with Crippen molar-refractivity contribution in [2.45, 2.75) is 77.7 Å². The number of rotatable bonds is 14. The fraction of sp³-hybridized carbons (Fsp3) is 0.387. The number of carbonyl (C=O) groups is 4. The van der Waals surface area contributed by atoms with Crippen molar-refractivity contribution in [3.05, 3.63) is 89.6 Å². The van der Waals surface area contributed by atoms with Gasteiger partial charge in [0, 0.05) is 0 Å². The standard InChI is InChI=1S/C31H37N3O7/c1-30(2,3)40-33-22(17-20-13-9-7-10-14-20)25(35)27(37)24-29(39-19-32-24)28(38)26(36)23(34-41-31(4,5)6)18-21-15-11-8-12-16-21/h7-16,19,22-23,33-34H,17-18H2,1-6H3/t22-,23-/m0/s1. The fourth-order valence-electron chi connectivity index (χ4n) is 3.69. The maximum atomic E-state index is 13.4. The summed E-state index contributed by atoms with van der Waals surface area (Å²) in [5, 5.41) is 0. The molecule has 2 atom stereocenters. The van der Waals surface area contributed by atoms with E-state index in [1.54, 1.807) is 41.5 Å². The van der Waals surface area contributed by atoms with Gasteiger partial charge in [0.25, 0.3) is 11.6 Å². The molecule has 2 aromatic carbocycles. The van der Waals surface area contributed by atoms with Crippen molar-refractivity contribution >= 4 is 23.1 Å². The molecule has 0 aliphatic rings. The second kappa shape index (κ2) is 13.7. The minimum atomic E-state index is -1.11. The number of benzene rings is 2. The Labute approximate surface area is 239 Å². The van der Waals surface area contributed by atoms with Crippen LogP contribution >= 0.6 is 0 Å². The molecule has 0 amide bonds. The van der Waals surface area contributed by atoms with Gasteiger partial charge in [0.15, 0.2) is 12.1 Å². The number of ketones is 4. The molecule has 0 aliphatic carbocycles. The van der Waals surface area contributed by atoms with Gasteiger partial charge < -0.3 is 4.42 Å². The molecule has 10 nitrogen and oxygen atoms in total. The number of nitrogens with zero attached hydrogens (tertiary/aromatic N) is 1. The maximum absolute atomic E-state index is 13.4. The summed E-state index contributed by atoms with van der Waals surface area (Å²) in [6.07, 6.45) is 1.12. The number of hydrogen-bond donors (Lipinski definition) is 2. The van der Waals surface area contributed by atoms with Crippen LogP contribution in [0, 0.1) is 0 Å². The summed E-state index contributed by atoms with van der Waals surface area (Å²) in [6, 6.07) is 16.0. The Hall–Kier alpha value is -3.83. The van der Waals surface area contributed by atoms with Crippen molar-refractivity contribution in [3.63, 3.8) is 0 Å². The van der Waals surface area contributed by atoms with Crippen molar-refractivity contribution in [1.82, 2.24) is 15.9 Å². The lowest BCUT2D eigenvalue weighted by atomic mass is 9.96. The lowest BCUT2D eigenvalue weighted by Crippen LogP contribution is -2.46. The SMILES string of the molecule is CC(C)(C)ON[C@@H](Cc1ccccc1)C(=O)C(=O)c1ncoc1C(=O)C(=O)[C@H](Cc1ccccc1)NOC(C)(C)C. The van der Waals surface area contributed by atoms with E-state index in [0.717, 1.165) is 17.5 Å². The number of hydrogen-bond acceptors (Lipinski definition) is 10. The maximum Gasteiger partial charge on any atom is 0.267 e. The molecule has 0 saturated heterocycles. The van der Waals surface area contributed by atoms with Gasteiger partial charge in [0.05, 0.1) is 11.2 Å². The van der Waals surface area contributed by atoms with Crippen molar-refractivity contribution < 1.29 is 33.3 Å². The first-order valence-electron chi connectivity index (χ1n) is 13.3. The summed E-state index contributed by atoms with van der Waals surface area (Å²) in [7, 11) is 0. The molecule has 1 heterocycles. The zero-order valence-electron chi connectivity index (χ0n) is 24.2. The predicted octanol–water partition coefficient (Wildman–Crippen LogP) is 4.04. The molecule has 0 saturated carbocycles. The molecule has 3 aromatic rings. The van der Waals surface area contributed by atoms with Gasteiger partial charge >= 0.3 is 0 Å². The molecule has 218 valence electrons. The first-order chi connectivity index (χ1) is 19.2. The van der Waals surface area contributed by atoms with Crippen LogP contribution in [-0.2, 0) is 32.1 Å². The smallest absolute Gasteiger partial charge is 0.267 e. The number of nitrogens with one attached hydrogen (secondary N) is 2. The normalized spacial score (nSPS) is 13.4. The van der Waals surface area contributed by atoms with Gasteiger partial charge in [-0.25, -0.2) is 4.98 Å². The third kappa shape index (κ3) is 9.65. The van der Waals surface area contributed by atoms with E-state index in [2.05, 4.69) is 15.9 Å². The molecule has 0 spiro atoms. The lowest BCUT2D eigenvalue weighted by Gasteiger charge is -2.24. The Balaban J connectivity index is 1.85. The van der Waals surface area contributed by atoms with E-state index in [1.165, 1.54) is 0 Å². The third-order valence-corrected chi connectivity index (χ3v) is 5.65. The van der Waals surface area contributed by atoms with Gasteiger partial charge in [-0.15, -0.1) is 0 Å². The third-order valence-electron chi connectivity index (χ3n) is 5.65. The first kappa shape index (κ1) is 31.7. The average Bonchev–Trinajstić information content (AvgIpc) is 3.42. The summed E-state index contributed by atoms with van der Waals surface area (Å²) in [6.45, 7) is 10.7. The van der Waals surface area contributed by atoms with E-state index in [-0.39, 0.29) is 12.8 Å². The first-order valence-corrected chi connectivity index (χ1v) is 13.3. The van der Waals surface area contributed by atoms with Gasteiger partial charge in [-0.05, 0) is 65.5 Å².